The first-order valence-corrected chi connectivity index (χ1v) is 5.92. The van der Waals surface area contributed by atoms with E-state index < -0.39 is 0 Å². The molecule has 0 atom stereocenters. The summed E-state index contributed by atoms with van der Waals surface area (Å²) in [5, 5.41) is 3.33. The first-order chi connectivity index (χ1) is 8.36. The molecule has 0 spiro atoms. The summed E-state index contributed by atoms with van der Waals surface area (Å²) in [6.45, 7) is 5.17. The zero-order chi connectivity index (χ0) is 12.1. The van der Waals surface area contributed by atoms with Crippen molar-refractivity contribution in [3.05, 3.63) is 30.6 Å². The Morgan fingerprint density at radius 1 is 1.29 bits per heavy atom. The lowest BCUT2D eigenvalue weighted by Crippen LogP contribution is -2.09. The first-order valence-electron chi connectivity index (χ1n) is 5.92. The number of aromatic nitrogens is 4. The van der Waals surface area contributed by atoms with Crippen LogP contribution in [0.2, 0.25) is 0 Å². The van der Waals surface area contributed by atoms with Crippen molar-refractivity contribution >= 4 is 5.82 Å². The van der Waals surface area contributed by atoms with Crippen LogP contribution in [0.15, 0.2) is 25.0 Å². The van der Waals surface area contributed by atoms with Gasteiger partial charge in [-0.2, -0.15) is 0 Å². The van der Waals surface area contributed by atoms with Crippen LogP contribution in [0.1, 0.15) is 25.8 Å². The number of nitrogens with one attached hydrogen (secondary N) is 1. The maximum absolute atomic E-state index is 4.33. The van der Waals surface area contributed by atoms with Crippen molar-refractivity contribution in [1.82, 2.24) is 19.5 Å². The lowest BCUT2D eigenvalue weighted by atomic mass is 10.2. The minimum atomic E-state index is 0.889. The fourth-order valence-corrected chi connectivity index (χ4v) is 1.73. The highest BCUT2D eigenvalue weighted by atomic mass is 15.1. The minimum Gasteiger partial charge on any atom is -0.370 e. The van der Waals surface area contributed by atoms with Gasteiger partial charge in [-0.25, -0.2) is 15.0 Å². The highest BCUT2D eigenvalue weighted by Gasteiger charge is 2.10. The van der Waals surface area contributed by atoms with Crippen molar-refractivity contribution in [3.63, 3.8) is 0 Å². The van der Waals surface area contributed by atoms with E-state index in [4.69, 9.17) is 0 Å². The zero-order valence-electron chi connectivity index (χ0n) is 10.2. The number of hydrogen-bond donors (Lipinski definition) is 1. The maximum atomic E-state index is 4.33. The van der Waals surface area contributed by atoms with E-state index in [1.165, 1.54) is 0 Å². The number of nitrogens with zero attached hydrogens (tertiary/aromatic N) is 4. The lowest BCUT2D eigenvalue weighted by Gasteiger charge is -2.12. The van der Waals surface area contributed by atoms with Crippen LogP contribution < -0.4 is 5.32 Å². The summed E-state index contributed by atoms with van der Waals surface area (Å²) in [6.07, 6.45) is 8.96. The van der Waals surface area contributed by atoms with Gasteiger partial charge in [0.15, 0.2) is 0 Å². The van der Waals surface area contributed by atoms with Crippen LogP contribution in [0, 0.1) is 0 Å². The van der Waals surface area contributed by atoms with E-state index in [0.29, 0.717) is 0 Å². The molecule has 2 aromatic rings. The molecule has 17 heavy (non-hydrogen) atoms. The molecule has 2 rings (SSSR count). The summed E-state index contributed by atoms with van der Waals surface area (Å²) in [6, 6.07) is 0. The quantitative estimate of drug-likeness (QED) is 0.855. The fourth-order valence-electron chi connectivity index (χ4n) is 1.73. The summed E-state index contributed by atoms with van der Waals surface area (Å²) in [5.74, 6) is 1.83. The summed E-state index contributed by atoms with van der Waals surface area (Å²) >= 11 is 0. The molecule has 2 heterocycles. The van der Waals surface area contributed by atoms with Crippen LogP contribution >= 0.6 is 0 Å². The van der Waals surface area contributed by atoms with E-state index in [-0.39, 0.29) is 0 Å². The Morgan fingerprint density at radius 3 is 2.82 bits per heavy atom. The highest BCUT2D eigenvalue weighted by molar-refractivity contribution is 5.51. The molecule has 0 amide bonds. The second kappa shape index (κ2) is 5.43. The third-order valence-corrected chi connectivity index (χ3v) is 2.57. The number of rotatable bonds is 5. The predicted molar refractivity (Wildman–Crippen MR) is 67.3 cm³/mol. The highest BCUT2D eigenvalue weighted by Crippen LogP contribution is 2.19. The SMILES string of the molecule is CCCNc1ncnc(-n2ccnc2)c1CC. The Bertz CT molecular complexity index is 464. The standard InChI is InChI=1S/C12H17N5/c1-3-5-14-11-10(4-2)12(16-8-15-11)17-7-6-13-9-17/h6-9H,3-5H2,1-2H3,(H,14,15,16). The van der Waals surface area contributed by atoms with Gasteiger partial charge < -0.3 is 5.32 Å². The van der Waals surface area contributed by atoms with E-state index >= 15 is 0 Å². The second-order valence-electron chi connectivity index (χ2n) is 3.77. The van der Waals surface area contributed by atoms with Crippen LogP contribution in [-0.4, -0.2) is 26.1 Å². The zero-order valence-corrected chi connectivity index (χ0v) is 10.2. The molecule has 2 aromatic heterocycles. The predicted octanol–water partition coefficient (Wildman–Crippen LogP) is 2.05. The smallest absolute Gasteiger partial charge is 0.146 e. The van der Waals surface area contributed by atoms with Crippen LogP contribution in [-0.2, 0) is 6.42 Å². The van der Waals surface area contributed by atoms with E-state index in [0.717, 1.165) is 36.6 Å². The molecule has 0 aliphatic heterocycles. The Labute approximate surface area is 101 Å². The van der Waals surface area contributed by atoms with Crippen LogP contribution in [0.5, 0.6) is 0 Å². The number of hydrogen-bond acceptors (Lipinski definition) is 4. The summed E-state index contributed by atoms with van der Waals surface area (Å²) in [7, 11) is 0. The fraction of sp³-hybridized carbons (Fsp3) is 0.417. The normalized spacial score (nSPS) is 10.5. The van der Waals surface area contributed by atoms with Crippen molar-refractivity contribution in [3.8, 4) is 5.82 Å². The van der Waals surface area contributed by atoms with Gasteiger partial charge in [0.1, 0.15) is 24.3 Å². The number of anilines is 1. The first kappa shape index (κ1) is 11.6. The molecule has 0 fully saturated rings. The van der Waals surface area contributed by atoms with Gasteiger partial charge in [-0.15, -0.1) is 0 Å². The van der Waals surface area contributed by atoms with Gasteiger partial charge in [0.05, 0.1) is 0 Å². The van der Waals surface area contributed by atoms with Crippen LogP contribution in [0.25, 0.3) is 5.82 Å². The largest absolute Gasteiger partial charge is 0.370 e. The monoisotopic (exact) mass is 231 g/mol. The van der Waals surface area contributed by atoms with Gasteiger partial charge in [-0.05, 0) is 12.8 Å². The van der Waals surface area contributed by atoms with E-state index in [2.05, 4.69) is 34.1 Å². The topological polar surface area (TPSA) is 55.6 Å². The Kier molecular flexibility index (Phi) is 3.69. The van der Waals surface area contributed by atoms with Crippen molar-refractivity contribution in [2.24, 2.45) is 0 Å². The van der Waals surface area contributed by atoms with E-state index in [1.807, 2.05) is 10.8 Å². The number of imidazole rings is 1. The molecule has 0 aromatic carbocycles. The van der Waals surface area contributed by atoms with Crippen molar-refractivity contribution < 1.29 is 0 Å². The molecule has 0 radical (unpaired) electrons. The summed E-state index contributed by atoms with van der Waals surface area (Å²) in [5.41, 5.74) is 1.12. The Balaban J connectivity index is 2.39. The molecule has 0 aliphatic carbocycles. The molecule has 90 valence electrons. The molecule has 0 unspecified atom stereocenters. The van der Waals surface area contributed by atoms with E-state index in [1.54, 1.807) is 18.9 Å². The van der Waals surface area contributed by atoms with Crippen molar-refractivity contribution in [1.29, 1.82) is 0 Å². The van der Waals surface area contributed by atoms with Gasteiger partial charge in [-0.3, -0.25) is 4.57 Å². The third-order valence-electron chi connectivity index (χ3n) is 2.57. The van der Waals surface area contributed by atoms with Crippen LogP contribution in [0.3, 0.4) is 0 Å². The average molecular weight is 231 g/mol. The van der Waals surface area contributed by atoms with Gasteiger partial charge in [0, 0.05) is 24.5 Å². The molecule has 0 bridgehead atoms. The summed E-state index contributed by atoms with van der Waals surface area (Å²) in [4.78, 5) is 12.7. The molecular formula is C12H17N5. The van der Waals surface area contributed by atoms with Gasteiger partial charge in [0.25, 0.3) is 0 Å². The van der Waals surface area contributed by atoms with Crippen molar-refractivity contribution in [2.45, 2.75) is 26.7 Å². The molecule has 5 nitrogen and oxygen atoms in total. The lowest BCUT2D eigenvalue weighted by molar-refractivity contribution is 0.904. The molecule has 0 aliphatic rings. The van der Waals surface area contributed by atoms with Gasteiger partial charge >= 0.3 is 0 Å². The minimum absolute atomic E-state index is 0.889. The third kappa shape index (κ3) is 2.43. The Morgan fingerprint density at radius 2 is 2.18 bits per heavy atom. The van der Waals surface area contributed by atoms with E-state index in [9.17, 15) is 0 Å². The van der Waals surface area contributed by atoms with Crippen LogP contribution in [0.4, 0.5) is 5.82 Å². The van der Waals surface area contributed by atoms with Gasteiger partial charge in [0.2, 0.25) is 0 Å². The maximum Gasteiger partial charge on any atom is 0.146 e. The molecule has 5 heteroatoms. The Hall–Kier alpha value is -1.91. The van der Waals surface area contributed by atoms with Crippen molar-refractivity contribution in [2.75, 3.05) is 11.9 Å². The molecular weight excluding hydrogens is 214 g/mol. The van der Waals surface area contributed by atoms with Gasteiger partial charge in [-0.1, -0.05) is 13.8 Å². The molecule has 1 N–H and O–H groups in total. The second-order valence-corrected chi connectivity index (χ2v) is 3.77. The average Bonchev–Trinajstić information content (AvgIpc) is 2.89. The molecule has 0 saturated heterocycles. The summed E-state index contributed by atoms with van der Waals surface area (Å²) < 4.78 is 1.91. The molecule has 0 saturated carbocycles.